The van der Waals surface area contributed by atoms with E-state index in [-0.39, 0.29) is 22.8 Å². The third kappa shape index (κ3) is 5.95. The number of aromatic nitrogens is 1. The van der Waals surface area contributed by atoms with Crippen LogP contribution >= 0.6 is 35.0 Å². The lowest BCUT2D eigenvalue weighted by Gasteiger charge is -2.34. The summed E-state index contributed by atoms with van der Waals surface area (Å²) >= 11 is 13.9. The van der Waals surface area contributed by atoms with Crippen molar-refractivity contribution in [2.45, 2.75) is 17.1 Å². The molecular weight excluding hydrogens is 522 g/mol. The summed E-state index contributed by atoms with van der Waals surface area (Å²) in [6.45, 7) is 5.43. The van der Waals surface area contributed by atoms with Gasteiger partial charge in [-0.05, 0) is 42.8 Å². The summed E-state index contributed by atoms with van der Waals surface area (Å²) in [6, 6.07) is 12.1. The van der Waals surface area contributed by atoms with Crippen molar-refractivity contribution in [3.05, 3.63) is 75.7 Å². The van der Waals surface area contributed by atoms with Gasteiger partial charge in [0.05, 0.1) is 16.5 Å². The summed E-state index contributed by atoms with van der Waals surface area (Å²) in [4.78, 5) is 22.0. The first-order valence-electron chi connectivity index (χ1n) is 11.6. The van der Waals surface area contributed by atoms with E-state index >= 15 is 0 Å². The third-order valence-electron chi connectivity index (χ3n) is 6.21. The molecule has 0 saturated carbocycles. The van der Waals surface area contributed by atoms with E-state index in [1.165, 1.54) is 23.9 Å². The number of thioether (sulfide) groups is 1. The van der Waals surface area contributed by atoms with Crippen molar-refractivity contribution in [2.75, 3.05) is 45.1 Å². The Morgan fingerprint density at radius 2 is 1.83 bits per heavy atom. The molecule has 3 aromatic rings. The quantitative estimate of drug-likeness (QED) is 0.304. The van der Waals surface area contributed by atoms with E-state index < -0.39 is 5.82 Å². The Kier molecular flexibility index (Phi) is 8.74. The number of nitrogens with two attached hydrogens (primary N) is 1. The fraction of sp³-hybridized carbons (Fsp3) is 0.308. The van der Waals surface area contributed by atoms with E-state index in [9.17, 15) is 9.18 Å². The van der Waals surface area contributed by atoms with Crippen LogP contribution in [0.15, 0.2) is 53.6 Å². The van der Waals surface area contributed by atoms with Gasteiger partial charge in [-0.2, -0.15) is 0 Å². The number of carbonyl (C=O) groups excluding carboxylic acids is 1. The highest BCUT2D eigenvalue weighted by atomic mass is 35.5. The van der Waals surface area contributed by atoms with Crippen molar-refractivity contribution in [1.29, 1.82) is 0 Å². The Morgan fingerprint density at radius 1 is 1.14 bits per heavy atom. The minimum absolute atomic E-state index is 0.000233. The normalized spacial score (nSPS) is 15.2. The Hall–Kier alpha value is -2.36. The SMILES string of the molecule is CC(Sc1cc(-c2ccc(C(=O)N3CCN(CCO)CC3)cc2)cnc1N)c1c(Cl)ccc(F)c1Cl. The number of anilines is 1. The molecule has 1 atom stereocenters. The van der Waals surface area contributed by atoms with Crippen LogP contribution in [-0.2, 0) is 0 Å². The lowest BCUT2D eigenvalue weighted by Crippen LogP contribution is -2.49. The molecule has 2 heterocycles. The van der Waals surface area contributed by atoms with Gasteiger partial charge < -0.3 is 15.7 Å². The van der Waals surface area contributed by atoms with Crippen molar-refractivity contribution < 1.29 is 14.3 Å². The van der Waals surface area contributed by atoms with Crippen molar-refractivity contribution in [1.82, 2.24) is 14.8 Å². The smallest absolute Gasteiger partial charge is 0.253 e. The maximum atomic E-state index is 14.0. The third-order valence-corrected chi connectivity index (χ3v) is 8.10. The summed E-state index contributed by atoms with van der Waals surface area (Å²) < 4.78 is 14.0. The highest BCUT2D eigenvalue weighted by Crippen LogP contribution is 2.44. The molecule has 190 valence electrons. The largest absolute Gasteiger partial charge is 0.395 e. The lowest BCUT2D eigenvalue weighted by atomic mass is 10.0. The molecule has 1 aromatic heterocycles. The second-order valence-electron chi connectivity index (χ2n) is 8.56. The average molecular weight is 549 g/mol. The van der Waals surface area contributed by atoms with E-state index in [1.54, 1.807) is 6.20 Å². The van der Waals surface area contributed by atoms with Crippen molar-refractivity contribution >= 4 is 46.7 Å². The summed E-state index contributed by atoms with van der Waals surface area (Å²) in [7, 11) is 0. The monoisotopic (exact) mass is 548 g/mol. The number of piperazine rings is 1. The first-order chi connectivity index (χ1) is 17.3. The van der Waals surface area contributed by atoms with Gasteiger partial charge in [-0.3, -0.25) is 9.69 Å². The fourth-order valence-corrected chi connectivity index (χ4v) is 6.12. The molecule has 0 spiro atoms. The van der Waals surface area contributed by atoms with E-state index in [0.29, 0.717) is 41.6 Å². The molecule has 1 amide bonds. The van der Waals surface area contributed by atoms with Gasteiger partial charge in [-0.15, -0.1) is 11.8 Å². The summed E-state index contributed by atoms with van der Waals surface area (Å²) in [5.74, 6) is -0.175. The molecule has 3 N–H and O–H groups in total. The Balaban J connectivity index is 1.48. The van der Waals surface area contributed by atoms with Crippen LogP contribution in [0.4, 0.5) is 10.2 Å². The number of halogens is 3. The summed E-state index contributed by atoms with van der Waals surface area (Å²) in [6.07, 6.45) is 1.68. The van der Waals surface area contributed by atoms with Crippen molar-refractivity contribution in [2.24, 2.45) is 0 Å². The molecule has 1 aliphatic rings. The first kappa shape index (κ1) is 26.7. The molecule has 2 aromatic carbocycles. The predicted octanol–water partition coefficient (Wildman–Crippen LogP) is 5.38. The van der Waals surface area contributed by atoms with Gasteiger partial charge >= 0.3 is 0 Å². The zero-order chi connectivity index (χ0) is 25.8. The fourth-order valence-electron chi connectivity index (χ4n) is 4.18. The number of carbonyl (C=O) groups is 1. The molecule has 36 heavy (non-hydrogen) atoms. The Labute approximate surface area is 224 Å². The number of hydrogen-bond acceptors (Lipinski definition) is 6. The average Bonchev–Trinajstić information content (AvgIpc) is 2.88. The van der Waals surface area contributed by atoms with Crippen LogP contribution in [-0.4, -0.2) is 65.1 Å². The van der Waals surface area contributed by atoms with Gasteiger partial charge in [0.25, 0.3) is 5.91 Å². The zero-order valence-electron chi connectivity index (χ0n) is 19.8. The van der Waals surface area contributed by atoms with Crippen LogP contribution in [0.2, 0.25) is 10.0 Å². The number of rotatable bonds is 7. The van der Waals surface area contributed by atoms with Crippen molar-refractivity contribution in [3.63, 3.8) is 0 Å². The topological polar surface area (TPSA) is 82.7 Å². The lowest BCUT2D eigenvalue weighted by molar-refractivity contribution is 0.0615. The molecule has 4 rings (SSSR count). The summed E-state index contributed by atoms with van der Waals surface area (Å²) in [5, 5.41) is 9.21. The first-order valence-corrected chi connectivity index (χ1v) is 13.2. The van der Waals surface area contributed by atoms with E-state index in [2.05, 4.69) is 9.88 Å². The van der Waals surface area contributed by atoms with Gasteiger partial charge in [0.2, 0.25) is 0 Å². The molecule has 6 nitrogen and oxygen atoms in total. The molecule has 1 saturated heterocycles. The van der Waals surface area contributed by atoms with Crippen molar-refractivity contribution in [3.8, 4) is 11.1 Å². The van der Waals surface area contributed by atoms with Crippen LogP contribution in [0.1, 0.15) is 28.1 Å². The highest BCUT2D eigenvalue weighted by Gasteiger charge is 2.22. The van der Waals surface area contributed by atoms with Crippen LogP contribution in [0, 0.1) is 5.82 Å². The maximum Gasteiger partial charge on any atom is 0.253 e. The zero-order valence-corrected chi connectivity index (χ0v) is 22.1. The maximum absolute atomic E-state index is 14.0. The van der Waals surface area contributed by atoms with Gasteiger partial charge in [-0.1, -0.05) is 35.3 Å². The molecule has 0 radical (unpaired) electrons. The number of hydrogen-bond donors (Lipinski definition) is 2. The molecule has 1 fully saturated rings. The standard InChI is InChI=1S/C26H27Cl2FN4O2S/c1-16(23-20(27)6-7-21(29)24(23)28)36-22-14-19(15-31-25(22)30)17-2-4-18(5-3-17)26(35)33-10-8-32(9-11-33)12-13-34/h2-7,14-16,34H,8-13H2,1H3,(H2,30,31). The molecular formula is C26H27Cl2FN4O2S. The van der Waals surface area contributed by atoms with Gasteiger partial charge in [0, 0.05) is 65.9 Å². The highest BCUT2D eigenvalue weighted by molar-refractivity contribution is 7.99. The minimum Gasteiger partial charge on any atom is -0.395 e. The van der Waals surface area contributed by atoms with Crippen LogP contribution in [0.5, 0.6) is 0 Å². The van der Waals surface area contributed by atoms with E-state index in [4.69, 9.17) is 34.0 Å². The van der Waals surface area contributed by atoms with Gasteiger partial charge in [0.15, 0.2) is 0 Å². The van der Waals surface area contributed by atoms with Crippen LogP contribution in [0.25, 0.3) is 11.1 Å². The number of aliphatic hydroxyl groups is 1. The number of nitrogen functional groups attached to an aromatic ring is 1. The van der Waals surface area contributed by atoms with Crippen LogP contribution in [0.3, 0.4) is 0 Å². The van der Waals surface area contributed by atoms with E-state index in [1.807, 2.05) is 42.2 Å². The second-order valence-corrected chi connectivity index (χ2v) is 10.7. The number of β-amino-alcohol motifs (C(OH)–C–C–N with tert-alkyl or cyclic N) is 1. The molecule has 0 bridgehead atoms. The number of benzene rings is 2. The Morgan fingerprint density at radius 3 is 2.50 bits per heavy atom. The Bertz CT molecular complexity index is 1240. The molecule has 10 heteroatoms. The number of amides is 1. The number of aliphatic hydroxyl groups excluding tert-OH is 1. The molecule has 0 aliphatic carbocycles. The van der Waals surface area contributed by atoms with Gasteiger partial charge in [-0.25, -0.2) is 9.37 Å². The molecule has 1 unspecified atom stereocenters. The number of pyridine rings is 1. The number of nitrogens with zero attached hydrogens (tertiary/aromatic N) is 3. The molecule has 1 aliphatic heterocycles. The predicted molar refractivity (Wildman–Crippen MR) is 144 cm³/mol. The second kappa shape index (κ2) is 11.8. The van der Waals surface area contributed by atoms with Gasteiger partial charge in [0.1, 0.15) is 11.6 Å². The minimum atomic E-state index is -0.523. The van der Waals surface area contributed by atoms with E-state index in [0.717, 1.165) is 29.1 Å². The van der Waals surface area contributed by atoms with Crippen LogP contribution < -0.4 is 5.73 Å². The summed E-state index contributed by atoms with van der Waals surface area (Å²) in [5.41, 5.74) is 9.00.